The van der Waals surface area contributed by atoms with Crippen molar-refractivity contribution in [1.82, 2.24) is 10.2 Å². The highest BCUT2D eigenvalue weighted by Gasteiger charge is 2.46. The van der Waals surface area contributed by atoms with Gasteiger partial charge in [-0.15, -0.1) is 0 Å². The normalized spacial score (nSPS) is 23.9. The molecule has 1 aliphatic carbocycles. The zero-order chi connectivity index (χ0) is 21.0. The SMILES string of the molecule is CCOc1ccc(NC(=O)C[C@@H]2C(=O)N[C@H]3CCCC[C@H]3N2C(=O)C(C)C)cc1. The minimum atomic E-state index is -0.771. The summed E-state index contributed by atoms with van der Waals surface area (Å²) < 4.78 is 5.40. The number of benzene rings is 1. The lowest BCUT2D eigenvalue weighted by atomic mass is 9.84. The van der Waals surface area contributed by atoms with Crippen LogP contribution in [-0.4, -0.2) is 47.4 Å². The summed E-state index contributed by atoms with van der Waals surface area (Å²) >= 11 is 0. The Morgan fingerprint density at radius 1 is 1.21 bits per heavy atom. The van der Waals surface area contributed by atoms with Crippen molar-refractivity contribution in [2.24, 2.45) is 5.92 Å². The van der Waals surface area contributed by atoms with Gasteiger partial charge in [-0.1, -0.05) is 26.7 Å². The summed E-state index contributed by atoms with van der Waals surface area (Å²) in [5.41, 5.74) is 0.631. The van der Waals surface area contributed by atoms with Crippen LogP contribution in [0.2, 0.25) is 0 Å². The van der Waals surface area contributed by atoms with Crippen molar-refractivity contribution in [2.45, 2.75) is 71.0 Å². The highest BCUT2D eigenvalue weighted by Crippen LogP contribution is 2.31. The molecule has 2 N–H and O–H groups in total. The van der Waals surface area contributed by atoms with Crippen LogP contribution in [0.3, 0.4) is 0 Å². The zero-order valence-corrected chi connectivity index (χ0v) is 17.4. The van der Waals surface area contributed by atoms with Crippen molar-refractivity contribution >= 4 is 23.4 Å². The van der Waals surface area contributed by atoms with E-state index in [1.54, 1.807) is 29.2 Å². The van der Waals surface area contributed by atoms with Gasteiger partial charge in [-0.25, -0.2) is 0 Å². The van der Waals surface area contributed by atoms with Crippen LogP contribution in [0.15, 0.2) is 24.3 Å². The second kappa shape index (κ2) is 9.29. The van der Waals surface area contributed by atoms with Crippen molar-refractivity contribution in [3.8, 4) is 5.75 Å². The van der Waals surface area contributed by atoms with Crippen LogP contribution in [0.4, 0.5) is 5.69 Å². The number of anilines is 1. The van der Waals surface area contributed by atoms with E-state index >= 15 is 0 Å². The summed E-state index contributed by atoms with van der Waals surface area (Å²) in [4.78, 5) is 40.1. The van der Waals surface area contributed by atoms with Crippen LogP contribution >= 0.6 is 0 Å². The van der Waals surface area contributed by atoms with E-state index in [0.717, 1.165) is 31.4 Å². The molecule has 3 rings (SSSR count). The lowest BCUT2D eigenvalue weighted by molar-refractivity contribution is -0.154. The molecule has 0 radical (unpaired) electrons. The van der Waals surface area contributed by atoms with Crippen molar-refractivity contribution in [1.29, 1.82) is 0 Å². The second-order valence-corrected chi connectivity index (χ2v) is 8.09. The first-order valence-corrected chi connectivity index (χ1v) is 10.6. The van der Waals surface area contributed by atoms with E-state index in [-0.39, 0.29) is 42.1 Å². The maximum absolute atomic E-state index is 12.9. The van der Waals surface area contributed by atoms with E-state index in [1.165, 1.54) is 0 Å². The smallest absolute Gasteiger partial charge is 0.243 e. The minimum Gasteiger partial charge on any atom is -0.494 e. The molecule has 1 aliphatic heterocycles. The van der Waals surface area contributed by atoms with E-state index in [1.807, 2.05) is 20.8 Å². The predicted molar refractivity (Wildman–Crippen MR) is 111 cm³/mol. The number of ether oxygens (including phenoxy) is 1. The summed E-state index contributed by atoms with van der Waals surface area (Å²) in [5, 5.41) is 5.88. The minimum absolute atomic E-state index is 0.00984. The van der Waals surface area contributed by atoms with Crippen LogP contribution in [0.1, 0.15) is 52.9 Å². The Kier molecular flexibility index (Phi) is 6.77. The van der Waals surface area contributed by atoms with Gasteiger partial charge in [0.2, 0.25) is 17.7 Å². The number of carbonyl (C=O) groups is 3. The van der Waals surface area contributed by atoms with Gasteiger partial charge in [0, 0.05) is 17.6 Å². The number of carbonyl (C=O) groups excluding carboxylic acids is 3. The second-order valence-electron chi connectivity index (χ2n) is 8.09. The van der Waals surface area contributed by atoms with Crippen molar-refractivity contribution in [3.63, 3.8) is 0 Å². The molecule has 29 heavy (non-hydrogen) atoms. The maximum Gasteiger partial charge on any atom is 0.243 e. The monoisotopic (exact) mass is 401 g/mol. The summed E-state index contributed by atoms with van der Waals surface area (Å²) in [5.74, 6) is -0.0703. The molecule has 3 atom stereocenters. The van der Waals surface area contributed by atoms with Crippen LogP contribution in [0, 0.1) is 5.92 Å². The Hall–Kier alpha value is -2.57. The van der Waals surface area contributed by atoms with Crippen LogP contribution in [-0.2, 0) is 14.4 Å². The lowest BCUT2D eigenvalue weighted by Gasteiger charge is -2.48. The van der Waals surface area contributed by atoms with E-state index in [4.69, 9.17) is 4.74 Å². The molecule has 0 bridgehead atoms. The largest absolute Gasteiger partial charge is 0.494 e. The average molecular weight is 402 g/mol. The number of hydrogen-bond acceptors (Lipinski definition) is 4. The van der Waals surface area contributed by atoms with Crippen LogP contribution in [0.5, 0.6) is 5.75 Å². The maximum atomic E-state index is 12.9. The summed E-state index contributed by atoms with van der Waals surface area (Å²) in [6.45, 7) is 6.16. The summed E-state index contributed by atoms with van der Waals surface area (Å²) in [6.07, 6.45) is 3.77. The molecule has 3 amide bonds. The van der Waals surface area contributed by atoms with Gasteiger partial charge in [-0.2, -0.15) is 0 Å². The molecular weight excluding hydrogens is 370 g/mol. The number of rotatable bonds is 6. The van der Waals surface area contributed by atoms with Gasteiger partial charge < -0.3 is 20.3 Å². The molecule has 1 saturated heterocycles. The molecule has 2 fully saturated rings. The average Bonchev–Trinajstić information content (AvgIpc) is 2.69. The molecule has 0 spiro atoms. The molecule has 7 nitrogen and oxygen atoms in total. The summed E-state index contributed by atoms with van der Waals surface area (Å²) in [7, 11) is 0. The van der Waals surface area contributed by atoms with Gasteiger partial charge in [-0.3, -0.25) is 14.4 Å². The van der Waals surface area contributed by atoms with Crippen molar-refractivity contribution < 1.29 is 19.1 Å². The standard InChI is InChI=1S/C22H31N3O4/c1-4-29-16-11-9-15(10-12-16)23-20(26)13-19-21(27)24-17-7-5-6-8-18(17)25(19)22(28)14(2)3/h9-12,14,17-19H,4-8,13H2,1-3H3,(H,23,26)(H,24,27)/t17-,18+,19+/m0/s1. The Morgan fingerprint density at radius 2 is 1.90 bits per heavy atom. The Balaban J connectivity index is 1.72. The first kappa shape index (κ1) is 21.1. The Labute approximate surface area is 172 Å². The number of nitrogens with zero attached hydrogens (tertiary/aromatic N) is 1. The fourth-order valence-electron chi connectivity index (χ4n) is 4.24. The number of piperazine rings is 1. The van der Waals surface area contributed by atoms with Gasteiger partial charge in [0.1, 0.15) is 11.8 Å². The topological polar surface area (TPSA) is 87.7 Å². The quantitative estimate of drug-likeness (QED) is 0.767. The highest BCUT2D eigenvalue weighted by molar-refractivity contribution is 5.98. The molecule has 0 aromatic heterocycles. The van der Waals surface area contributed by atoms with E-state index < -0.39 is 6.04 Å². The first-order valence-electron chi connectivity index (χ1n) is 10.6. The van der Waals surface area contributed by atoms with Gasteiger partial charge in [0.15, 0.2) is 0 Å². The zero-order valence-electron chi connectivity index (χ0n) is 17.4. The number of fused-ring (bicyclic) bond motifs is 1. The molecule has 7 heteroatoms. The first-order chi connectivity index (χ1) is 13.9. The van der Waals surface area contributed by atoms with Gasteiger partial charge in [0.25, 0.3) is 0 Å². The third-order valence-corrected chi connectivity index (χ3v) is 5.63. The fraction of sp³-hybridized carbons (Fsp3) is 0.591. The van der Waals surface area contributed by atoms with Gasteiger partial charge >= 0.3 is 0 Å². The third-order valence-electron chi connectivity index (χ3n) is 5.63. The molecule has 2 aliphatic rings. The van der Waals surface area contributed by atoms with E-state index in [9.17, 15) is 14.4 Å². The molecule has 0 unspecified atom stereocenters. The van der Waals surface area contributed by atoms with E-state index in [0.29, 0.717) is 12.3 Å². The Morgan fingerprint density at radius 3 is 2.55 bits per heavy atom. The lowest BCUT2D eigenvalue weighted by Crippen LogP contribution is -2.68. The molecular formula is C22H31N3O4. The van der Waals surface area contributed by atoms with E-state index in [2.05, 4.69) is 10.6 Å². The number of hydrogen-bond donors (Lipinski definition) is 2. The molecule has 1 saturated carbocycles. The van der Waals surface area contributed by atoms with Crippen LogP contribution < -0.4 is 15.4 Å². The van der Waals surface area contributed by atoms with Gasteiger partial charge in [0.05, 0.1) is 19.1 Å². The van der Waals surface area contributed by atoms with Crippen molar-refractivity contribution in [2.75, 3.05) is 11.9 Å². The third kappa shape index (κ3) is 4.89. The van der Waals surface area contributed by atoms with Gasteiger partial charge in [-0.05, 0) is 44.0 Å². The number of amides is 3. The summed E-state index contributed by atoms with van der Waals surface area (Å²) in [6, 6.07) is 6.29. The molecule has 158 valence electrons. The molecule has 1 heterocycles. The highest BCUT2D eigenvalue weighted by atomic mass is 16.5. The fourth-order valence-corrected chi connectivity index (χ4v) is 4.24. The predicted octanol–water partition coefficient (Wildman–Crippen LogP) is 2.71. The van der Waals surface area contributed by atoms with Crippen molar-refractivity contribution in [3.05, 3.63) is 24.3 Å². The molecule has 1 aromatic rings. The molecule has 1 aromatic carbocycles. The Bertz CT molecular complexity index is 747. The van der Waals surface area contributed by atoms with Crippen LogP contribution in [0.25, 0.3) is 0 Å². The number of nitrogens with one attached hydrogen (secondary N) is 2.